The van der Waals surface area contributed by atoms with Gasteiger partial charge in [0.1, 0.15) is 19.0 Å². The van der Waals surface area contributed by atoms with Crippen molar-refractivity contribution in [3.8, 4) is 5.75 Å². The van der Waals surface area contributed by atoms with Crippen molar-refractivity contribution in [1.29, 1.82) is 0 Å². The Balaban J connectivity index is 2.17. The van der Waals surface area contributed by atoms with E-state index in [0.717, 1.165) is 16.8 Å². The SMILES string of the molecule is C=CCO/N=C(\C)c1cccc(OCc2ccccc2N(CC=C)C(=O)OC)c1. The number of oxime groups is 1. The number of para-hydroxylation sites is 1. The molecule has 2 rings (SSSR count). The monoisotopic (exact) mass is 394 g/mol. The zero-order chi connectivity index (χ0) is 21.1. The van der Waals surface area contributed by atoms with E-state index < -0.39 is 6.09 Å². The fourth-order valence-corrected chi connectivity index (χ4v) is 2.62. The van der Waals surface area contributed by atoms with Crippen LogP contribution in [0.5, 0.6) is 5.75 Å². The zero-order valence-corrected chi connectivity index (χ0v) is 16.8. The van der Waals surface area contributed by atoms with E-state index >= 15 is 0 Å². The normalized spacial score (nSPS) is 10.8. The largest absolute Gasteiger partial charge is 0.489 e. The molecule has 0 fully saturated rings. The first-order chi connectivity index (χ1) is 14.1. The lowest BCUT2D eigenvalue weighted by molar-refractivity contribution is 0.175. The van der Waals surface area contributed by atoms with Crippen LogP contribution in [0.2, 0.25) is 0 Å². The van der Waals surface area contributed by atoms with Crippen LogP contribution < -0.4 is 9.64 Å². The molecule has 6 nitrogen and oxygen atoms in total. The number of methoxy groups -OCH3 is 1. The summed E-state index contributed by atoms with van der Waals surface area (Å²) in [7, 11) is 1.35. The van der Waals surface area contributed by atoms with Gasteiger partial charge in [-0.3, -0.25) is 4.90 Å². The van der Waals surface area contributed by atoms with Crippen molar-refractivity contribution < 1.29 is 19.1 Å². The molecule has 0 aromatic heterocycles. The van der Waals surface area contributed by atoms with Crippen LogP contribution in [0.4, 0.5) is 10.5 Å². The van der Waals surface area contributed by atoms with Gasteiger partial charge in [-0.25, -0.2) is 4.79 Å². The van der Waals surface area contributed by atoms with E-state index in [2.05, 4.69) is 18.3 Å². The molecular weight excluding hydrogens is 368 g/mol. The van der Waals surface area contributed by atoms with E-state index in [1.54, 1.807) is 12.2 Å². The molecule has 0 atom stereocenters. The number of hydrogen-bond donors (Lipinski definition) is 0. The fourth-order valence-electron chi connectivity index (χ4n) is 2.62. The smallest absolute Gasteiger partial charge is 0.414 e. The average Bonchev–Trinajstić information content (AvgIpc) is 2.76. The highest BCUT2D eigenvalue weighted by atomic mass is 16.6. The summed E-state index contributed by atoms with van der Waals surface area (Å²) in [6.45, 7) is 10.1. The first-order valence-corrected chi connectivity index (χ1v) is 9.15. The minimum atomic E-state index is -0.453. The summed E-state index contributed by atoms with van der Waals surface area (Å²) in [6, 6.07) is 15.1. The predicted octanol–water partition coefficient (Wildman–Crippen LogP) is 4.95. The predicted molar refractivity (Wildman–Crippen MR) is 116 cm³/mol. The lowest BCUT2D eigenvalue weighted by Gasteiger charge is -2.22. The van der Waals surface area contributed by atoms with Gasteiger partial charge < -0.3 is 14.3 Å². The highest BCUT2D eigenvalue weighted by molar-refractivity contribution is 5.98. The van der Waals surface area contributed by atoms with E-state index in [9.17, 15) is 4.79 Å². The van der Waals surface area contributed by atoms with Gasteiger partial charge in [0.25, 0.3) is 0 Å². The number of benzene rings is 2. The third kappa shape index (κ3) is 6.24. The maximum Gasteiger partial charge on any atom is 0.414 e. The molecule has 0 radical (unpaired) electrons. The summed E-state index contributed by atoms with van der Waals surface area (Å²) in [5.41, 5.74) is 3.19. The second kappa shape index (κ2) is 11.3. The highest BCUT2D eigenvalue weighted by Gasteiger charge is 2.18. The van der Waals surface area contributed by atoms with Gasteiger partial charge in [0.2, 0.25) is 0 Å². The highest BCUT2D eigenvalue weighted by Crippen LogP contribution is 2.24. The van der Waals surface area contributed by atoms with Gasteiger partial charge in [0, 0.05) is 17.7 Å². The van der Waals surface area contributed by atoms with Gasteiger partial charge >= 0.3 is 6.09 Å². The molecule has 0 saturated heterocycles. The number of ether oxygens (including phenoxy) is 2. The lowest BCUT2D eigenvalue weighted by Crippen LogP contribution is -2.31. The van der Waals surface area contributed by atoms with Crippen LogP contribution in [0.1, 0.15) is 18.1 Å². The molecule has 0 bridgehead atoms. The lowest BCUT2D eigenvalue weighted by atomic mass is 10.1. The van der Waals surface area contributed by atoms with Crippen molar-refractivity contribution in [1.82, 2.24) is 0 Å². The molecule has 0 aliphatic carbocycles. The molecule has 0 heterocycles. The summed E-state index contributed by atoms with van der Waals surface area (Å²) in [5, 5.41) is 4.05. The number of carbonyl (C=O) groups excluding carboxylic acids is 1. The number of hydrogen-bond acceptors (Lipinski definition) is 5. The number of nitrogens with zero attached hydrogens (tertiary/aromatic N) is 2. The van der Waals surface area contributed by atoms with Gasteiger partial charge in [0.15, 0.2) is 0 Å². The van der Waals surface area contributed by atoms with E-state index in [0.29, 0.717) is 24.6 Å². The Hall–Kier alpha value is -3.54. The van der Waals surface area contributed by atoms with E-state index in [1.807, 2.05) is 55.5 Å². The Bertz CT molecular complexity index is 877. The average molecular weight is 394 g/mol. The molecule has 0 aliphatic heterocycles. The molecular formula is C23H26N2O4. The topological polar surface area (TPSA) is 60.4 Å². The van der Waals surface area contributed by atoms with E-state index in [1.165, 1.54) is 12.0 Å². The third-order valence-electron chi connectivity index (χ3n) is 4.03. The zero-order valence-electron chi connectivity index (χ0n) is 16.8. The van der Waals surface area contributed by atoms with Gasteiger partial charge in [0.05, 0.1) is 18.5 Å². The van der Waals surface area contributed by atoms with Crippen LogP contribution in [0.3, 0.4) is 0 Å². The number of amides is 1. The maximum atomic E-state index is 12.1. The van der Waals surface area contributed by atoms with Crippen LogP contribution in [0.15, 0.2) is 79.0 Å². The molecule has 2 aromatic carbocycles. The minimum absolute atomic E-state index is 0.285. The quantitative estimate of drug-likeness (QED) is 0.248. The Labute approximate surface area is 171 Å². The molecule has 0 spiro atoms. The molecule has 0 aliphatic rings. The van der Waals surface area contributed by atoms with Gasteiger partial charge in [-0.05, 0) is 25.1 Å². The van der Waals surface area contributed by atoms with Gasteiger partial charge in [-0.15, -0.1) is 6.58 Å². The summed E-state index contributed by atoms with van der Waals surface area (Å²) < 4.78 is 10.9. The van der Waals surface area contributed by atoms with Crippen molar-refractivity contribution in [2.45, 2.75) is 13.5 Å². The van der Waals surface area contributed by atoms with Crippen LogP contribution in [0.25, 0.3) is 0 Å². The summed E-state index contributed by atoms with van der Waals surface area (Å²) in [4.78, 5) is 18.8. The molecule has 0 unspecified atom stereocenters. The third-order valence-corrected chi connectivity index (χ3v) is 4.03. The molecule has 1 amide bonds. The van der Waals surface area contributed by atoms with Crippen LogP contribution in [0, 0.1) is 0 Å². The number of carbonyl (C=O) groups is 1. The van der Waals surface area contributed by atoms with E-state index in [-0.39, 0.29) is 6.61 Å². The maximum absolute atomic E-state index is 12.1. The van der Waals surface area contributed by atoms with Crippen LogP contribution in [-0.2, 0) is 16.2 Å². The molecule has 6 heteroatoms. The van der Waals surface area contributed by atoms with Gasteiger partial charge in [-0.2, -0.15) is 0 Å². The molecule has 0 N–H and O–H groups in total. The molecule has 2 aromatic rings. The Morgan fingerprint density at radius 2 is 1.93 bits per heavy atom. The van der Waals surface area contributed by atoms with Crippen molar-refractivity contribution >= 4 is 17.5 Å². The minimum Gasteiger partial charge on any atom is -0.489 e. The molecule has 29 heavy (non-hydrogen) atoms. The van der Waals surface area contributed by atoms with Crippen molar-refractivity contribution in [3.05, 3.63) is 85.0 Å². The second-order valence-electron chi connectivity index (χ2n) is 6.08. The van der Waals surface area contributed by atoms with Gasteiger partial charge in [-0.1, -0.05) is 54.2 Å². The first-order valence-electron chi connectivity index (χ1n) is 9.15. The van der Waals surface area contributed by atoms with E-state index in [4.69, 9.17) is 14.3 Å². The molecule has 0 saturated carbocycles. The number of anilines is 1. The summed E-state index contributed by atoms with van der Waals surface area (Å²) in [6.07, 6.45) is 2.83. The van der Waals surface area contributed by atoms with Crippen molar-refractivity contribution in [3.63, 3.8) is 0 Å². The standard InChI is InChI=1S/C23H26N2O4/c1-5-14-25(23(26)27-4)22-13-8-7-10-20(22)17-28-21-12-9-11-19(16-21)18(3)24-29-15-6-2/h5-13,16H,1-2,14-15,17H2,3-4H3/b24-18+. The van der Waals surface area contributed by atoms with Crippen molar-refractivity contribution in [2.75, 3.05) is 25.2 Å². The number of rotatable bonds is 10. The Morgan fingerprint density at radius 1 is 1.14 bits per heavy atom. The second-order valence-corrected chi connectivity index (χ2v) is 6.08. The first kappa shape index (κ1) is 21.8. The molecule has 152 valence electrons. The Morgan fingerprint density at radius 3 is 2.66 bits per heavy atom. The fraction of sp³-hybridized carbons (Fsp3) is 0.217. The van der Waals surface area contributed by atoms with Crippen LogP contribution in [-0.4, -0.2) is 32.1 Å². The van der Waals surface area contributed by atoms with Crippen molar-refractivity contribution in [2.24, 2.45) is 5.16 Å². The summed E-state index contributed by atoms with van der Waals surface area (Å²) >= 11 is 0. The van der Waals surface area contributed by atoms with Crippen LogP contribution >= 0.6 is 0 Å². The summed E-state index contributed by atoms with van der Waals surface area (Å²) in [5.74, 6) is 0.684. The Kier molecular flexibility index (Phi) is 8.51.